The Labute approximate surface area is 145 Å². The van der Waals surface area contributed by atoms with Crippen LogP contribution < -0.4 is 5.32 Å². The van der Waals surface area contributed by atoms with Crippen LogP contribution in [-0.4, -0.2) is 46.7 Å². The quantitative estimate of drug-likeness (QED) is 0.886. The smallest absolute Gasteiger partial charge is 0.274 e. The molecule has 1 saturated carbocycles. The Morgan fingerprint density at radius 2 is 1.96 bits per heavy atom. The number of amides is 1. The van der Waals surface area contributed by atoms with Crippen LogP contribution in [0.15, 0.2) is 6.07 Å². The van der Waals surface area contributed by atoms with E-state index in [2.05, 4.69) is 36.3 Å². The number of aromatic nitrogens is 2. The Balaban J connectivity index is 0.00000192. The molecule has 1 aromatic rings. The van der Waals surface area contributed by atoms with Crippen molar-refractivity contribution in [3.8, 4) is 0 Å². The monoisotopic (exact) mass is 340 g/mol. The molecule has 130 valence electrons. The standard InChI is InChI=1S/C17H28N4O.ClH/c1-17(2,3)15-10-14(19-20-15)16(22)21-8-6-13(7-9-21)18-11-12-4-5-12;/h10,12-13,18H,4-9,11H2,1-3H3,(H,19,20);1H. The molecule has 1 aromatic heterocycles. The van der Waals surface area contributed by atoms with E-state index in [1.165, 1.54) is 12.8 Å². The van der Waals surface area contributed by atoms with Crippen molar-refractivity contribution in [3.63, 3.8) is 0 Å². The molecule has 0 spiro atoms. The Morgan fingerprint density at radius 1 is 1.30 bits per heavy atom. The van der Waals surface area contributed by atoms with Gasteiger partial charge in [0.15, 0.2) is 0 Å². The maximum absolute atomic E-state index is 12.5. The molecule has 0 unspecified atom stereocenters. The highest BCUT2D eigenvalue weighted by Gasteiger charge is 2.28. The van der Waals surface area contributed by atoms with Gasteiger partial charge in [-0.1, -0.05) is 20.8 Å². The zero-order chi connectivity index (χ0) is 15.7. The van der Waals surface area contributed by atoms with Crippen LogP contribution in [0.3, 0.4) is 0 Å². The Bertz CT molecular complexity index is 525. The van der Waals surface area contributed by atoms with Crippen molar-refractivity contribution in [1.82, 2.24) is 20.4 Å². The predicted molar refractivity (Wildman–Crippen MR) is 94.2 cm³/mol. The van der Waals surface area contributed by atoms with Crippen LogP contribution in [0, 0.1) is 5.92 Å². The molecule has 0 bridgehead atoms. The third-order valence-electron chi connectivity index (χ3n) is 4.78. The maximum atomic E-state index is 12.5. The zero-order valence-electron chi connectivity index (χ0n) is 14.4. The number of piperidine rings is 1. The van der Waals surface area contributed by atoms with Crippen molar-refractivity contribution in [3.05, 3.63) is 17.5 Å². The van der Waals surface area contributed by atoms with Gasteiger partial charge in [-0.15, -0.1) is 12.4 Å². The van der Waals surface area contributed by atoms with Gasteiger partial charge < -0.3 is 10.2 Å². The summed E-state index contributed by atoms with van der Waals surface area (Å²) in [4.78, 5) is 14.5. The number of rotatable bonds is 4. The minimum atomic E-state index is -0.00868. The van der Waals surface area contributed by atoms with Crippen molar-refractivity contribution in [2.75, 3.05) is 19.6 Å². The fraction of sp³-hybridized carbons (Fsp3) is 0.765. The van der Waals surface area contributed by atoms with Crippen molar-refractivity contribution in [2.45, 2.75) is 57.9 Å². The summed E-state index contributed by atoms with van der Waals surface area (Å²) in [6, 6.07) is 2.48. The second kappa shape index (κ2) is 7.22. The van der Waals surface area contributed by atoms with Crippen LogP contribution in [0.25, 0.3) is 0 Å². The van der Waals surface area contributed by atoms with Gasteiger partial charge in [0.05, 0.1) is 0 Å². The summed E-state index contributed by atoms with van der Waals surface area (Å²) in [5.41, 5.74) is 1.55. The van der Waals surface area contributed by atoms with Crippen LogP contribution >= 0.6 is 12.4 Å². The molecule has 3 rings (SSSR count). The molecule has 0 aromatic carbocycles. The molecule has 6 heteroatoms. The van der Waals surface area contributed by atoms with Gasteiger partial charge in [0.1, 0.15) is 5.69 Å². The number of carbonyl (C=O) groups is 1. The molecule has 2 heterocycles. The highest BCUT2D eigenvalue weighted by Crippen LogP contribution is 2.28. The van der Waals surface area contributed by atoms with E-state index in [0.29, 0.717) is 11.7 Å². The zero-order valence-corrected chi connectivity index (χ0v) is 15.2. The van der Waals surface area contributed by atoms with Gasteiger partial charge in [-0.25, -0.2) is 0 Å². The summed E-state index contributed by atoms with van der Waals surface area (Å²) >= 11 is 0. The first-order valence-electron chi connectivity index (χ1n) is 8.52. The summed E-state index contributed by atoms with van der Waals surface area (Å²) in [7, 11) is 0. The first-order valence-corrected chi connectivity index (χ1v) is 8.52. The third kappa shape index (κ3) is 4.70. The van der Waals surface area contributed by atoms with Gasteiger partial charge in [-0.3, -0.25) is 9.89 Å². The molecule has 2 aliphatic rings. The van der Waals surface area contributed by atoms with Crippen LogP contribution in [-0.2, 0) is 5.41 Å². The first kappa shape index (κ1) is 18.3. The number of nitrogens with zero attached hydrogens (tertiary/aromatic N) is 2. The fourth-order valence-corrected chi connectivity index (χ4v) is 2.92. The number of nitrogens with one attached hydrogen (secondary N) is 2. The van der Waals surface area contributed by atoms with Gasteiger partial charge in [-0.2, -0.15) is 5.10 Å². The van der Waals surface area contributed by atoms with Crippen LogP contribution in [0.4, 0.5) is 0 Å². The van der Waals surface area contributed by atoms with E-state index < -0.39 is 0 Å². The van der Waals surface area contributed by atoms with Crippen LogP contribution in [0.5, 0.6) is 0 Å². The molecule has 1 aliphatic carbocycles. The molecular weight excluding hydrogens is 312 g/mol. The van der Waals surface area contributed by atoms with Gasteiger partial charge in [0.25, 0.3) is 5.91 Å². The average molecular weight is 341 g/mol. The summed E-state index contributed by atoms with van der Waals surface area (Å²) in [5, 5.41) is 10.9. The number of halogens is 1. The summed E-state index contributed by atoms with van der Waals surface area (Å²) < 4.78 is 0. The van der Waals surface area contributed by atoms with Gasteiger partial charge >= 0.3 is 0 Å². The van der Waals surface area contributed by atoms with E-state index >= 15 is 0 Å². The minimum absolute atomic E-state index is 0. The lowest BCUT2D eigenvalue weighted by Gasteiger charge is -2.32. The number of hydrogen-bond acceptors (Lipinski definition) is 3. The van der Waals surface area contributed by atoms with E-state index in [0.717, 1.165) is 44.1 Å². The fourth-order valence-electron chi connectivity index (χ4n) is 2.92. The third-order valence-corrected chi connectivity index (χ3v) is 4.78. The van der Waals surface area contributed by atoms with E-state index in [-0.39, 0.29) is 23.7 Å². The largest absolute Gasteiger partial charge is 0.337 e. The van der Waals surface area contributed by atoms with Gasteiger partial charge in [-0.05, 0) is 44.2 Å². The lowest BCUT2D eigenvalue weighted by molar-refractivity contribution is 0.0699. The second-order valence-corrected chi connectivity index (χ2v) is 7.83. The lowest BCUT2D eigenvalue weighted by Crippen LogP contribution is -2.45. The molecule has 5 nitrogen and oxygen atoms in total. The Morgan fingerprint density at radius 3 is 2.48 bits per heavy atom. The SMILES string of the molecule is CC(C)(C)c1cc(C(=O)N2CCC(NCC3CC3)CC2)n[nH]1.Cl. The molecular formula is C17H29ClN4O. The first-order chi connectivity index (χ1) is 10.4. The van der Waals surface area contributed by atoms with E-state index in [9.17, 15) is 4.79 Å². The molecule has 1 saturated heterocycles. The normalized spacial score (nSPS) is 19.5. The highest BCUT2D eigenvalue weighted by molar-refractivity contribution is 5.92. The topological polar surface area (TPSA) is 61.0 Å². The summed E-state index contributed by atoms with van der Waals surface area (Å²) in [6.45, 7) is 9.17. The predicted octanol–water partition coefficient (Wildman–Crippen LogP) is 2.73. The van der Waals surface area contributed by atoms with Crippen LogP contribution in [0.1, 0.15) is 62.6 Å². The van der Waals surface area contributed by atoms with Crippen molar-refractivity contribution in [1.29, 1.82) is 0 Å². The van der Waals surface area contributed by atoms with E-state index in [1.54, 1.807) is 0 Å². The second-order valence-electron chi connectivity index (χ2n) is 7.83. The molecule has 23 heavy (non-hydrogen) atoms. The van der Waals surface area contributed by atoms with Gasteiger partial charge in [0.2, 0.25) is 0 Å². The maximum Gasteiger partial charge on any atom is 0.274 e. The number of H-pyrrole nitrogens is 1. The molecule has 2 N–H and O–H groups in total. The Kier molecular flexibility index (Phi) is 5.74. The van der Waals surface area contributed by atoms with Gasteiger partial charge in [0, 0.05) is 30.2 Å². The van der Waals surface area contributed by atoms with E-state index in [1.807, 2.05) is 11.0 Å². The minimum Gasteiger partial charge on any atom is -0.337 e. The lowest BCUT2D eigenvalue weighted by atomic mass is 9.92. The number of carbonyl (C=O) groups excluding carboxylic acids is 1. The molecule has 1 aliphatic heterocycles. The number of likely N-dealkylation sites (tertiary alicyclic amines) is 1. The summed E-state index contributed by atoms with van der Waals surface area (Å²) in [5.74, 6) is 0.979. The molecule has 0 atom stereocenters. The number of hydrogen-bond donors (Lipinski definition) is 2. The van der Waals surface area contributed by atoms with Crippen LogP contribution in [0.2, 0.25) is 0 Å². The van der Waals surface area contributed by atoms with Crippen molar-refractivity contribution < 1.29 is 4.79 Å². The van der Waals surface area contributed by atoms with Crippen molar-refractivity contribution in [2.24, 2.45) is 5.92 Å². The average Bonchev–Trinajstić information content (AvgIpc) is 3.17. The summed E-state index contributed by atoms with van der Waals surface area (Å²) in [6.07, 6.45) is 4.88. The number of aromatic amines is 1. The molecule has 2 fully saturated rings. The highest BCUT2D eigenvalue weighted by atomic mass is 35.5. The van der Waals surface area contributed by atoms with Crippen molar-refractivity contribution >= 4 is 18.3 Å². The Hall–Kier alpha value is -1.07. The van der Waals surface area contributed by atoms with E-state index in [4.69, 9.17) is 0 Å². The molecule has 0 radical (unpaired) electrons. The molecule has 1 amide bonds.